The minimum atomic E-state index is -0.0457. The fraction of sp³-hybridized carbons (Fsp3) is 0.500. The number of halogens is 1. The Bertz CT molecular complexity index is 545. The van der Waals surface area contributed by atoms with Gasteiger partial charge in [-0.15, -0.1) is 0 Å². The number of methoxy groups -OCH3 is 1. The van der Waals surface area contributed by atoms with Crippen LogP contribution in [0.1, 0.15) is 10.4 Å². The molecule has 126 valence electrons. The molecule has 2 rings (SSSR count). The van der Waals surface area contributed by atoms with Crippen molar-refractivity contribution in [1.82, 2.24) is 9.80 Å². The summed E-state index contributed by atoms with van der Waals surface area (Å²) in [7, 11) is 1.59. The van der Waals surface area contributed by atoms with E-state index >= 15 is 0 Å². The highest BCUT2D eigenvalue weighted by Crippen LogP contribution is 2.14. The number of rotatable bonds is 6. The van der Waals surface area contributed by atoms with Crippen LogP contribution in [0.4, 0.5) is 0 Å². The van der Waals surface area contributed by atoms with Crippen LogP contribution in [0.15, 0.2) is 28.7 Å². The van der Waals surface area contributed by atoms with Crippen molar-refractivity contribution in [2.45, 2.75) is 0 Å². The summed E-state index contributed by atoms with van der Waals surface area (Å²) < 4.78 is 11.0. The van der Waals surface area contributed by atoms with Gasteiger partial charge in [0.05, 0.1) is 13.2 Å². The van der Waals surface area contributed by atoms with Gasteiger partial charge in [0.15, 0.2) is 0 Å². The zero-order valence-corrected chi connectivity index (χ0v) is 14.8. The van der Waals surface area contributed by atoms with Gasteiger partial charge in [-0.05, 0) is 18.2 Å². The largest absolute Gasteiger partial charge is 0.382 e. The predicted molar refractivity (Wildman–Crippen MR) is 89.3 cm³/mol. The third-order valence-corrected chi connectivity index (χ3v) is 4.14. The molecular formula is C16H21BrN2O4. The fourth-order valence-corrected chi connectivity index (χ4v) is 2.76. The Morgan fingerprint density at radius 3 is 2.48 bits per heavy atom. The van der Waals surface area contributed by atoms with Gasteiger partial charge in [-0.25, -0.2) is 0 Å². The van der Waals surface area contributed by atoms with Crippen LogP contribution in [0.5, 0.6) is 0 Å². The van der Waals surface area contributed by atoms with Crippen molar-refractivity contribution in [3.63, 3.8) is 0 Å². The Hall–Kier alpha value is -1.44. The predicted octanol–water partition coefficient (Wildman–Crippen LogP) is 1.40. The van der Waals surface area contributed by atoms with Crippen LogP contribution in [0.25, 0.3) is 0 Å². The van der Waals surface area contributed by atoms with Crippen LogP contribution in [0, 0.1) is 0 Å². The minimum Gasteiger partial charge on any atom is -0.382 e. The SMILES string of the molecule is COCCOCC(=O)N1CCN(C(=O)c2cccc(Br)c2)CC1. The third kappa shape index (κ3) is 5.30. The highest BCUT2D eigenvalue weighted by atomic mass is 79.9. The molecule has 0 spiro atoms. The van der Waals surface area contributed by atoms with Crippen molar-refractivity contribution < 1.29 is 19.1 Å². The fourth-order valence-electron chi connectivity index (χ4n) is 2.36. The topological polar surface area (TPSA) is 59.1 Å². The van der Waals surface area contributed by atoms with Crippen LogP contribution >= 0.6 is 15.9 Å². The third-order valence-electron chi connectivity index (χ3n) is 3.65. The first kappa shape index (κ1) is 17.9. The molecule has 0 N–H and O–H groups in total. The number of ether oxygens (including phenoxy) is 2. The van der Waals surface area contributed by atoms with Gasteiger partial charge in [0.1, 0.15) is 6.61 Å². The lowest BCUT2D eigenvalue weighted by Gasteiger charge is -2.34. The summed E-state index contributed by atoms with van der Waals surface area (Å²) >= 11 is 3.37. The molecule has 1 aromatic rings. The second-order valence-electron chi connectivity index (χ2n) is 5.23. The summed E-state index contributed by atoms with van der Waals surface area (Å²) in [5.74, 6) is -0.0506. The van der Waals surface area contributed by atoms with Gasteiger partial charge < -0.3 is 19.3 Å². The number of hydrogen-bond donors (Lipinski definition) is 0. The van der Waals surface area contributed by atoms with Crippen molar-refractivity contribution >= 4 is 27.7 Å². The molecule has 0 radical (unpaired) electrons. The van der Waals surface area contributed by atoms with E-state index in [1.165, 1.54) is 0 Å². The van der Waals surface area contributed by atoms with Gasteiger partial charge in [-0.3, -0.25) is 9.59 Å². The van der Waals surface area contributed by atoms with Gasteiger partial charge in [0.2, 0.25) is 5.91 Å². The number of benzene rings is 1. The number of amides is 2. The second kappa shape index (κ2) is 9.00. The molecule has 0 unspecified atom stereocenters. The molecule has 1 fully saturated rings. The molecule has 1 aromatic carbocycles. The maximum atomic E-state index is 12.4. The van der Waals surface area contributed by atoms with E-state index in [0.29, 0.717) is 45.0 Å². The molecule has 7 heteroatoms. The quantitative estimate of drug-likeness (QED) is 0.695. The molecule has 2 amide bonds. The van der Waals surface area contributed by atoms with Gasteiger partial charge >= 0.3 is 0 Å². The minimum absolute atomic E-state index is 0.00487. The van der Waals surface area contributed by atoms with Crippen molar-refractivity contribution in [3.8, 4) is 0 Å². The molecule has 0 aromatic heterocycles. The Kier molecular flexibility index (Phi) is 7.01. The normalized spacial score (nSPS) is 14.9. The van der Waals surface area contributed by atoms with E-state index in [1.54, 1.807) is 23.0 Å². The van der Waals surface area contributed by atoms with Crippen molar-refractivity contribution in [1.29, 1.82) is 0 Å². The lowest BCUT2D eigenvalue weighted by atomic mass is 10.2. The number of carbonyl (C=O) groups is 2. The standard InChI is InChI=1S/C16H21BrN2O4/c1-22-9-10-23-12-15(20)18-5-7-19(8-6-18)16(21)13-3-2-4-14(17)11-13/h2-4,11H,5-10,12H2,1H3. The Morgan fingerprint density at radius 1 is 1.13 bits per heavy atom. The van der Waals surface area contributed by atoms with E-state index in [2.05, 4.69) is 15.9 Å². The summed E-state index contributed by atoms with van der Waals surface area (Å²) in [5, 5.41) is 0. The molecular weight excluding hydrogens is 364 g/mol. The van der Waals surface area contributed by atoms with Gasteiger partial charge in [0, 0.05) is 43.3 Å². The molecule has 0 aliphatic carbocycles. The molecule has 1 heterocycles. The first-order valence-electron chi connectivity index (χ1n) is 7.51. The zero-order valence-electron chi connectivity index (χ0n) is 13.2. The Morgan fingerprint density at radius 2 is 1.83 bits per heavy atom. The van der Waals surface area contributed by atoms with E-state index in [9.17, 15) is 9.59 Å². The summed E-state index contributed by atoms with van der Waals surface area (Å²) in [6.07, 6.45) is 0. The van der Waals surface area contributed by atoms with Crippen LogP contribution in [0.3, 0.4) is 0 Å². The molecule has 0 saturated carbocycles. The molecule has 1 aliphatic heterocycles. The van der Waals surface area contributed by atoms with E-state index in [0.717, 1.165) is 4.47 Å². The summed E-state index contributed by atoms with van der Waals surface area (Å²) in [4.78, 5) is 27.9. The number of hydrogen-bond acceptors (Lipinski definition) is 4. The van der Waals surface area contributed by atoms with E-state index in [-0.39, 0.29) is 18.4 Å². The Balaban J connectivity index is 1.79. The zero-order chi connectivity index (χ0) is 16.7. The molecule has 0 bridgehead atoms. The average Bonchev–Trinajstić information content (AvgIpc) is 2.58. The van der Waals surface area contributed by atoms with Gasteiger partial charge in [-0.1, -0.05) is 22.0 Å². The second-order valence-corrected chi connectivity index (χ2v) is 6.14. The lowest BCUT2D eigenvalue weighted by Crippen LogP contribution is -2.51. The number of carbonyl (C=O) groups excluding carboxylic acids is 2. The first-order chi connectivity index (χ1) is 11.1. The average molecular weight is 385 g/mol. The smallest absolute Gasteiger partial charge is 0.254 e. The monoisotopic (exact) mass is 384 g/mol. The van der Waals surface area contributed by atoms with E-state index in [4.69, 9.17) is 9.47 Å². The highest BCUT2D eigenvalue weighted by Gasteiger charge is 2.24. The Labute approximate surface area is 144 Å². The van der Waals surface area contributed by atoms with Crippen LogP contribution < -0.4 is 0 Å². The van der Waals surface area contributed by atoms with Crippen LogP contribution in [0.2, 0.25) is 0 Å². The number of nitrogens with zero attached hydrogens (tertiary/aromatic N) is 2. The first-order valence-corrected chi connectivity index (χ1v) is 8.30. The van der Waals surface area contributed by atoms with Crippen molar-refractivity contribution in [2.24, 2.45) is 0 Å². The number of piperazine rings is 1. The maximum absolute atomic E-state index is 12.4. The summed E-state index contributed by atoms with van der Waals surface area (Å²) in [6, 6.07) is 7.34. The summed E-state index contributed by atoms with van der Waals surface area (Å²) in [6.45, 7) is 3.08. The lowest BCUT2D eigenvalue weighted by molar-refractivity contribution is -0.138. The molecule has 6 nitrogen and oxygen atoms in total. The molecule has 1 saturated heterocycles. The molecule has 1 aliphatic rings. The summed E-state index contributed by atoms with van der Waals surface area (Å²) in [5.41, 5.74) is 0.655. The van der Waals surface area contributed by atoms with Crippen LogP contribution in [-0.4, -0.2) is 74.7 Å². The van der Waals surface area contributed by atoms with Crippen LogP contribution in [-0.2, 0) is 14.3 Å². The van der Waals surface area contributed by atoms with Crippen molar-refractivity contribution in [2.75, 3.05) is 53.1 Å². The van der Waals surface area contributed by atoms with E-state index in [1.807, 2.05) is 18.2 Å². The van der Waals surface area contributed by atoms with Gasteiger partial charge in [0.25, 0.3) is 5.91 Å². The maximum Gasteiger partial charge on any atom is 0.254 e. The molecule has 0 atom stereocenters. The molecule has 23 heavy (non-hydrogen) atoms. The highest BCUT2D eigenvalue weighted by molar-refractivity contribution is 9.10. The van der Waals surface area contributed by atoms with E-state index < -0.39 is 0 Å². The van der Waals surface area contributed by atoms with Crippen molar-refractivity contribution in [3.05, 3.63) is 34.3 Å². The van der Waals surface area contributed by atoms with Gasteiger partial charge in [-0.2, -0.15) is 0 Å².